The van der Waals surface area contributed by atoms with E-state index in [0.717, 1.165) is 0 Å². The van der Waals surface area contributed by atoms with Gasteiger partial charge in [-0.25, -0.2) is 17.5 Å². The number of amides is 2. The van der Waals surface area contributed by atoms with E-state index >= 15 is 0 Å². The molecule has 0 aliphatic carbocycles. The highest BCUT2D eigenvalue weighted by atomic mass is 32.2. The number of alkyl carbamates (subject to hydrolysis) is 1. The Balaban J connectivity index is 1.85. The highest BCUT2D eigenvalue weighted by Gasteiger charge is 2.39. The molecule has 1 heterocycles. The number of sulfonamides is 1. The van der Waals surface area contributed by atoms with Gasteiger partial charge >= 0.3 is 12.0 Å². The number of benzene rings is 2. The molecule has 1 saturated heterocycles. The van der Waals surface area contributed by atoms with Crippen LogP contribution >= 0.6 is 0 Å². The Bertz CT molecular complexity index is 1210. The molecule has 1 unspecified atom stereocenters. The molecule has 3 rings (SSSR count). The summed E-state index contributed by atoms with van der Waals surface area (Å²) in [6.45, 7) is 3.68. The second-order valence-corrected chi connectivity index (χ2v) is 10.9. The van der Waals surface area contributed by atoms with Gasteiger partial charge in [0.25, 0.3) is 15.8 Å². The van der Waals surface area contributed by atoms with Crippen LogP contribution < -0.4 is 5.32 Å². The average Bonchev–Trinajstić information content (AvgIpc) is 3.39. The minimum atomic E-state index is -4.41. The van der Waals surface area contributed by atoms with Gasteiger partial charge in [0.05, 0.1) is 18.1 Å². The van der Waals surface area contributed by atoms with Crippen molar-refractivity contribution < 1.29 is 37.1 Å². The van der Waals surface area contributed by atoms with E-state index in [1.807, 2.05) is 0 Å². The molecular weight excluding hydrogens is 500 g/mol. The number of carbonyl (C=O) groups excluding carboxylic acids is 4. The fraction of sp³-hybridized carbons (Fsp3) is 0.385. The van der Waals surface area contributed by atoms with Gasteiger partial charge in [0.2, 0.25) is 5.78 Å². The van der Waals surface area contributed by atoms with Crippen LogP contribution in [0.4, 0.5) is 4.79 Å². The Labute approximate surface area is 216 Å². The van der Waals surface area contributed by atoms with Crippen LogP contribution in [0.2, 0.25) is 0 Å². The first kappa shape index (κ1) is 28.0. The lowest BCUT2D eigenvalue weighted by atomic mass is 9.99. The van der Waals surface area contributed by atoms with Crippen LogP contribution in [-0.4, -0.2) is 68.2 Å². The van der Waals surface area contributed by atoms with E-state index in [0.29, 0.717) is 22.9 Å². The molecule has 37 heavy (non-hydrogen) atoms. The topological polar surface area (TPSA) is 136 Å². The van der Waals surface area contributed by atoms with Crippen LogP contribution in [0.1, 0.15) is 25.8 Å². The summed E-state index contributed by atoms with van der Waals surface area (Å²) < 4.78 is 37.3. The summed E-state index contributed by atoms with van der Waals surface area (Å²) >= 11 is 0. The average molecular weight is 531 g/mol. The van der Waals surface area contributed by atoms with Gasteiger partial charge in [0.15, 0.2) is 0 Å². The quantitative estimate of drug-likeness (QED) is 0.345. The van der Waals surface area contributed by atoms with Crippen molar-refractivity contribution in [3.8, 4) is 0 Å². The molecule has 2 aromatic carbocycles. The second kappa shape index (κ2) is 12.6. The van der Waals surface area contributed by atoms with Gasteiger partial charge in [0.1, 0.15) is 12.1 Å². The second-order valence-electron chi connectivity index (χ2n) is 9.02. The summed E-state index contributed by atoms with van der Waals surface area (Å²) in [5.74, 6) is -4.61. The molecule has 2 aromatic rings. The lowest BCUT2D eigenvalue weighted by Gasteiger charge is -2.24. The molecule has 1 fully saturated rings. The van der Waals surface area contributed by atoms with Crippen molar-refractivity contribution in [2.24, 2.45) is 5.92 Å². The van der Waals surface area contributed by atoms with Crippen molar-refractivity contribution in [3.63, 3.8) is 0 Å². The van der Waals surface area contributed by atoms with Crippen LogP contribution in [0.25, 0.3) is 0 Å². The summed E-state index contributed by atoms with van der Waals surface area (Å²) in [6.07, 6.45) is -1.06. The van der Waals surface area contributed by atoms with Gasteiger partial charge in [0, 0.05) is 19.4 Å². The van der Waals surface area contributed by atoms with Gasteiger partial charge in [-0.2, -0.15) is 0 Å². The van der Waals surface area contributed by atoms with E-state index in [9.17, 15) is 27.6 Å². The van der Waals surface area contributed by atoms with Crippen LogP contribution in [0.5, 0.6) is 0 Å². The third-order valence-electron chi connectivity index (χ3n) is 5.56. The standard InChI is InChI=1S/C26H30N2O8S/c1-18(2)16-28(37(33,34)21-11-7-4-8-12-21)25(31)24(30)23(29)22(15-19-9-5-3-6-10-19)27-26(32)36-20-13-14-35-17-20/h3-12,18,20,22H,13-17H2,1-2H3,(H,27,32)/t20-,22?/m0/s1. The van der Waals surface area contributed by atoms with Crippen LogP contribution in [-0.2, 0) is 40.3 Å². The summed E-state index contributed by atoms with van der Waals surface area (Å²) in [7, 11) is -4.41. The van der Waals surface area contributed by atoms with Crippen LogP contribution in [0.3, 0.4) is 0 Å². The molecule has 1 aliphatic heterocycles. The van der Waals surface area contributed by atoms with E-state index in [-0.39, 0.29) is 30.4 Å². The number of Topliss-reactive ketones (excluding diaryl/α,β-unsaturated/α-hetero) is 2. The first-order valence-electron chi connectivity index (χ1n) is 11.9. The summed E-state index contributed by atoms with van der Waals surface area (Å²) in [4.78, 5) is 51.8. The maximum atomic E-state index is 13.2. The summed E-state index contributed by atoms with van der Waals surface area (Å²) in [5, 5.41) is 2.37. The normalized spacial score (nSPS) is 16.1. The highest BCUT2D eigenvalue weighted by Crippen LogP contribution is 2.18. The van der Waals surface area contributed by atoms with Gasteiger partial charge in [-0.3, -0.25) is 14.4 Å². The fourth-order valence-corrected chi connectivity index (χ4v) is 5.26. The molecule has 0 spiro atoms. The minimum Gasteiger partial charge on any atom is -0.444 e. The summed E-state index contributed by atoms with van der Waals surface area (Å²) in [6, 6.07) is 14.3. The zero-order valence-corrected chi connectivity index (χ0v) is 21.5. The first-order chi connectivity index (χ1) is 17.6. The number of rotatable bonds is 11. The Morgan fingerprint density at radius 1 is 1.03 bits per heavy atom. The number of ether oxygens (including phenoxy) is 2. The van der Waals surface area contributed by atoms with E-state index in [4.69, 9.17) is 9.47 Å². The molecule has 0 bridgehead atoms. The molecule has 10 nitrogen and oxygen atoms in total. The number of hydrogen-bond acceptors (Lipinski definition) is 8. The van der Waals surface area contributed by atoms with Gasteiger partial charge in [-0.05, 0) is 23.6 Å². The number of nitrogens with zero attached hydrogens (tertiary/aromatic N) is 1. The predicted octanol–water partition coefficient (Wildman–Crippen LogP) is 2.12. The van der Waals surface area contributed by atoms with Crippen LogP contribution in [0, 0.1) is 5.92 Å². The van der Waals surface area contributed by atoms with E-state index in [1.165, 1.54) is 24.3 Å². The minimum absolute atomic E-state index is 0.107. The first-order valence-corrected chi connectivity index (χ1v) is 13.3. The number of hydrogen-bond donors (Lipinski definition) is 1. The van der Waals surface area contributed by atoms with Gasteiger partial charge in [-0.15, -0.1) is 0 Å². The maximum absolute atomic E-state index is 13.2. The molecule has 0 aromatic heterocycles. The van der Waals surface area contributed by atoms with Crippen molar-refractivity contribution in [1.82, 2.24) is 9.62 Å². The van der Waals surface area contributed by atoms with Gasteiger partial charge < -0.3 is 14.8 Å². The Morgan fingerprint density at radius 3 is 2.22 bits per heavy atom. The zero-order chi connectivity index (χ0) is 27.0. The van der Waals surface area contributed by atoms with E-state index in [2.05, 4.69) is 5.32 Å². The highest BCUT2D eigenvalue weighted by molar-refractivity contribution is 7.89. The SMILES string of the molecule is CC(C)CN(C(=O)C(=O)C(=O)C(Cc1ccccc1)NC(=O)O[C@H]1CCOC1)S(=O)(=O)c1ccccc1. The molecule has 1 aliphatic rings. The van der Waals surface area contributed by atoms with Crippen molar-refractivity contribution in [2.75, 3.05) is 19.8 Å². The van der Waals surface area contributed by atoms with Gasteiger partial charge in [-0.1, -0.05) is 62.4 Å². The molecule has 11 heteroatoms. The lowest BCUT2D eigenvalue weighted by molar-refractivity contribution is -0.148. The molecule has 0 saturated carbocycles. The molecule has 2 atom stereocenters. The maximum Gasteiger partial charge on any atom is 0.408 e. The van der Waals surface area contributed by atoms with Crippen molar-refractivity contribution in [1.29, 1.82) is 0 Å². The van der Waals surface area contributed by atoms with E-state index in [1.54, 1.807) is 50.2 Å². The molecule has 1 N–H and O–H groups in total. The molecule has 0 radical (unpaired) electrons. The molecule has 2 amide bonds. The van der Waals surface area contributed by atoms with Crippen molar-refractivity contribution >= 4 is 33.6 Å². The molecular formula is C26H30N2O8S. The monoisotopic (exact) mass is 530 g/mol. The van der Waals surface area contributed by atoms with E-state index < -0.39 is 45.7 Å². The van der Waals surface area contributed by atoms with Crippen LogP contribution in [0.15, 0.2) is 65.6 Å². The summed E-state index contributed by atoms with van der Waals surface area (Å²) in [5.41, 5.74) is 0.613. The van der Waals surface area contributed by atoms with Crippen molar-refractivity contribution in [2.45, 2.75) is 43.7 Å². The zero-order valence-electron chi connectivity index (χ0n) is 20.7. The smallest absolute Gasteiger partial charge is 0.408 e. The third-order valence-corrected chi connectivity index (χ3v) is 7.32. The Morgan fingerprint density at radius 2 is 1.65 bits per heavy atom. The predicted molar refractivity (Wildman–Crippen MR) is 133 cm³/mol. The third kappa shape index (κ3) is 7.46. The number of ketones is 2. The lowest BCUT2D eigenvalue weighted by Crippen LogP contribution is -2.52. The Kier molecular flexibility index (Phi) is 9.54. The number of nitrogens with one attached hydrogen (secondary N) is 1. The molecule has 198 valence electrons. The fourth-order valence-electron chi connectivity index (χ4n) is 3.71. The Hall–Kier alpha value is -3.57. The number of carbonyl (C=O) groups is 4. The largest absolute Gasteiger partial charge is 0.444 e. The van der Waals surface area contributed by atoms with Crippen molar-refractivity contribution in [3.05, 3.63) is 66.2 Å².